The first kappa shape index (κ1) is 19.3. The van der Waals surface area contributed by atoms with Crippen LogP contribution in [0.4, 0.5) is 18.0 Å². The number of hydrogen-bond donors (Lipinski definition) is 0. The Labute approximate surface area is 156 Å². The van der Waals surface area contributed by atoms with Crippen molar-refractivity contribution in [2.24, 2.45) is 0 Å². The molecule has 3 rings (SSSR count). The van der Waals surface area contributed by atoms with Crippen molar-refractivity contribution in [3.05, 3.63) is 59.2 Å². The predicted molar refractivity (Wildman–Crippen MR) is 97.2 cm³/mol. The second-order valence-corrected chi connectivity index (χ2v) is 7.67. The van der Waals surface area contributed by atoms with Gasteiger partial charge in [-0.2, -0.15) is 13.2 Å². The number of amides is 1. The molecule has 0 N–H and O–H groups in total. The molecular weight excluding hydrogens is 355 g/mol. The van der Waals surface area contributed by atoms with E-state index in [1.165, 1.54) is 12.1 Å². The predicted octanol–water partition coefficient (Wildman–Crippen LogP) is 5.67. The summed E-state index contributed by atoms with van der Waals surface area (Å²) in [4.78, 5) is 13.9. The average Bonchev–Trinajstić information content (AvgIpc) is 2.58. The van der Waals surface area contributed by atoms with Crippen molar-refractivity contribution in [3.8, 4) is 11.1 Å². The van der Waals surface area contributed by atoms with Gasteiger partial charge in [0, 0.05) is 13.1 Å². The van der Waals surface area contributed by atoms with Gasteiger partial charge in [0.15, 0.2) is 0 Å². The monoisotopic (exact) mass is 377 g/mol. The highest BCUT2D eigenvalue weighted by atomic mass is 19.4. The highest BCUT2D eigenvalue weighted by molar-refractivity contribution is 5.72. The van der Waals surface area contributed by atoms with Gasteiger partial charge in [-0.05, 0) is 61.6 Å². The number of carbonyl (C=O) groups is 1. The van der Waals surface area contributed by atoms with E-state index in [1.54, 1.807) is 11.0 Å². The molecule has 1 aliphatic heterocycles. The van der Waals surface area contributed by atoms with Crippen LogP contribution >= 0.6 is 0 Å². The van der Waals surface area contributed by atoms with Crippen LogP contribution in [0.25, 0.3) is 11.1 Å². The maximum Gasteiger partial charge on any atom is 0.416 e. The lowest BCUT2D eigenvalue weighted by Crippen LogP contribution is -2.40. The molecule has 6 heteroatoms. The maximum absolute atomic E-state index is 13.0. The number of halogens is 3. The van der Waals surface area contributed by atoms with Crippen LogP contribution in [0.2, 0.25) is 0 Å². The van der Waals surface area contributed by atoms with Crippen LogP contribution in [0, 0.1) is 0 Å². The van der Waals surface area contributed by atoms with Crippen LogP contribution in [0.15, 0.2) is 42.5 Å². The third-order valence-corrected chi connectivity index (χ3v) is 4.42. The number of ether oxygens (including phenoxy) is 1. The van der Waals surface area contributed by atoms with E-state index in [1.807, 2.05) is 39.0 Å². The van der Waals surface area contributed by atoms with E-state index >= 15 is 0 Å². The van der Waals surface area contributed by atoms with Crippen molar-refractivity contribution in [3.63, 3.8) is 0 Å². The molecule has 0 radical (unpaired) electrons. The van der Waals surface area contributed by atoms with Crippen molar-refractivity contribution in [2.45, 2.75) is 45.5 Å². The lowest BCUT2D eigenvalue weighted by atomic mass is 9.90. The number of benzene rings is 2. The topological polar surface area (TPSA) is 29.5 Å². The van der Waals surface area contributed by atoms with Crippen molar-refractivity contribution in [2.75, 3.05) is 6.54 Å². The zero-order valence-electron chi connectivity index (χ0n) is 15.6. The van der Waals surface area contributed by atoms with E-state index in [4.69, 9.17) is 4.74 Å². The molecule has 0 saturated carbocycles. The Morgan fingerprint density at radius 2 is 1.78 bits per heavy atom. The van der Waals surface area contributed by atoms with E-state index in [0.717, 1.165) is 22.8 Å². The summed E-state index contributed by atoms with van der Waals surface area (Å²) in [6.07, 6.45) is -4.18. The van der Waals surface area contributed by atoms with E-state index in [-0.39, 0.29) is 6.09 Å². The molecule has 1 heterocycles. The zero-order chi connectivity index (χ0) is 19.8. The molecule has 0 spiro atoms. The standard InChI is InChI=1S/C21H22F3NO2/c1-20(2,3)27-19(26)25-11-10-18-15(13-25)7-5-9-17(18)14-6-4-8-16(12-14)21(22,23)24/h4-9,12H,10-11,13H2,1-3H3. The van der Waals surface area contributed by atoms with Crippen LogP contribution in [-0.4, -0.2) is 23.1 Å². The van der Waals surface area contributed by atoms with E-state index in [2.05, 4.69) is 0 Å². The number of hydrogen-bond acceptors (Lipinski definition) is 2. The molecule has 0 aliphatic carbocycles. The fourth-order valence-corrected chi connectivity index (χ4v) is 3.23. The number of nitrogens with zero attached hydrogens (tertiary/aromatic N) is 1. The Bertz CT molecular complexity index is 853. The largest absolute Gasteiger partial charge is 0.444 e. The van der Waals surface area contributed by atoms with Gasteiger partial charge in [-0.25, -0.2) is 4.79 Å². The Morgan fingerprint density at radius 1 is 1.07 bits per heavy atom. The van der Waals surface area contributed by atoms with E-state index in [9.17, 15) is 18.0 Å². The second kappa shape index (κ2) is 6.91. The number of fused-ring (bicyclic) bond motifs is 1. The molecule has 0 bridgehead atoms. The summed E-state index contributed by atoms with van der Waals surface area (Å²) in [6.45, 7) is 6.30. The van der Waals surface area contributed by atoms with Crippen LogP contribution in [0.3, 0.4) is 0 Å². The molecule has 27 heavy (non-hydrogen) atoms. The van der Waals surface area contributed by atoms with Gasteiger partial charge < -0.3 is 9.64 Å². The molecule has 0 atom stereocenters. The quantitative estimate of drug-likeness (QED) is 0.641. The Hall–Kier alpha value is -2.50. The molecule has 0 aromatic heterocycles. The maximum atomic E-state index is 13.0. The summed E-state index contributed by atoms with van der Waals surface area (Å²) in [6, 6.07) is 10.9. The normalized spacial score (nSPS) is 14.7. The summed E-state index contributed by atoms with van der Waals surface area (Å²) < 4.78 is 44.5. The summed E-state index contributed by atoms with van der Waals surface area (Å²) in [5, 5.41) is 0. The molecule has 1 amide bonds. The fourth-order valence-electron chi connectivity index (χ4n) is 3.23. The lowest BCUT2D eigenvalue weighted by molar-refractivity contribution is -0.137. The fraction of sp³-hybridized carbons (Fsp3) is 0.381. The van der Waals surface area contributed by atoms with Gasteiger partial charge in [-0.3, -0.25) is 0 Å². The minimum Gasteiger partial charge on any atom is -0.444 e. The van der Waals surface area contributed by atoms with Crippen LogP contribution in [0.1, 0.15) is 37.5 Å². The second-order valence-electron chi connectivity index (χ2n) is 7.67. The van der Waals surface area contributed by atoms with E-state index < -0.39 is 17.3 Å². The van der Waals surface area contributed by atoms with Gasteiger partial charge in [-0.1, -0.05) is 30.3 Å². The molecule has 144 valence electrons. The first-order chi connectivity index (χ1) is 12.5. The highest BCUT2D eigenvalue weighted by Crippen LogP contribution is 2.35. The first-order valence-corrected chi connectivity index (χ1v) is 8.81. The molecule has 0 unspecified atom stereocenters. The van der Waals surface area contributed by atoms with Gasteiger partial charge in [0.05, 0.1) is 5.56 Å². The number of rotatable bonds is 1. The highest BCUT2D eigenvalue weighted by Gasteiger charge is 2.31. The van der Waals surface area contributed by atoms with Gasteiger partial charge in [0.1, 0.15) is 5.60 Å². The van der Waals surface area contributed by atoms with Crippen molar-refractivity contribution < 1.29 is 22.7 Å². The Balaban J connectivity index is 1.89. The third kappa shape index (κ3) is 4.43. The average molecular weight is 377 g/mol. The summed E-state index contributed by atoms with van der Waals surface area (Å²) in [7, 11) is 0. The van der Waals surface area contributed by atoms with Gasteiger partial charge in [-0.15, -0.1) is 0 Å². The minimum absolute atomic E-state index is 0.377. The molecule has 0 fully saturated rings. The molecule has 2 aromatic rings. The van der Waals surface area contributed by atoms with Gasteiger partial charge in [0.25, 0.3) is 0 Å². The summed E-state index contributed by atoms with van der Waals surface area (Å²) >= 11 is 0. The number of carbonyl (C=O) groups excluding carboxylic acids is 1. The molecule has 3 nitrogen and oxygen atoms in total. The summed E-state index contributed by atoms with van der Waals surface area (Å²) in [5.41, 5.74) is 1.99. The molecule has 0 saturated heterocycles. The van der Waals surface area contributed by atoms with Crippen LogP contribution in [-0.2, 0) is 23.9 Å². The van der Waals surface area contributed by atoms with Crippen molar-refractivity contribution in [1.82, 2.24) is 4.90 Å². The van der Waals surface area contributed by atoms with E-state index in [0.29, 0.717) is 25.1 Å². The zero-order valence-corrected chi connectivity index (χ0v) is 15.6. The van der Waals surface area contributed by atoms with Crippen LogP contribution < -0.4 is 0 Å². The molecule has 2 aromatic carbocycles. The van der Waals surface area contributed by atoms with Gasteiger partial charge >= 0.3 is 12.3 Å². The lowest BCUT2D eigenvalue weighted by Gasteiger charge is -2.32. The number of alkyl halides is 3. The minimum atomic E-state index is -4.38. The Kier molecular flexibility index (Phi) is 4.93. The van der Waals surface area contributed by atoms with Crippen molar-refractivity contribution >= 4 is 6.09 Å². The first-order valence-electron chi connectivity index (χ1n) is 8.81. The van der Waals surface area contributed by atoms with Crippen molar-refractivity contribution in [1.29, 1.82) is 0 Å². The third-order valence-electron chi connectivity index (χ3n) is 4.42. The Morgan fingerprint density at radius 3 is 2.44 bits per heavy atom. The van der Waals surface area contributed by atoms with Crippen LogP contribution in [0.5, 0.6) is 0 Å². The summed E-state index contributed by atoms with van der Waals surface area (Å²) in [5.74, 6) is 0. The molecule has 1 aliphatic rings. The molecular formula is C21H22F3NO2. The SMILES string of the molecule is CC(C)(C)OC(=O)N1CCc2c(cccc2-c2cccc(C(F)(F)F)c2)C1. The smallest absolute Gasteiger partial charge is 0.416 e. The van der Waals surface area contributed by atoms with Gasteiger partial charge in [0.2, 0.25) is 0 Å².